The molecule has 1 heterocycles. The molecule has 0 fully saturated rings. The van der Waals surface area contributed by atoms with Crippen molar-refractivity contribution in [1.82, 2.24) is 0 Å². The summed E-state index contributed by atoms with van der Waals surface area (Å²) >= 11 is 0. The summed E-state index contributed by atoms with van der Waals surface area (Å²) in [5.41, 5.74) is 2.26. The molecule has 0 N–H and O–H groups in total. The minimum atomic E-state index is -0.239. The van der Waals surface area contributed by atoms with Crippen LogP contribution >= 0.6 is 0 Å². The van der Waals surface area contributed by atoms with Gasteiger partial charge in [0.2, 0.25) is 5.91 Å². The van der Waals surface area contributed by atoms with Gasteiger partial charge in [-0.3, -0.25) is 9.59 Å². The summed E-state index contributed by atoms with van der Waals surface area (Å²) in [6.07, 6.45) is 0.874. The molecule has 0 bridgehead atoms. The van der Waals surface area contributed by atoms with Gasteiger partial charge in [0.25, 0.3) is 5.91 Å². The number of hydrogen-bond donors (Lipinski definition) is 0. The van der Waals surface area contributed by atoms with Crippen molar-refractivity contribution >= 4 is 23.2 Å². The molecule has 2 aromatic carbocycles. The van der Waals surface area contributed by atoms with E-state index in [2.05, 4.69) is 6.92 Å². The summed E-state index contributed by atoms with van der Waals surface area (Å²) in [5.74, 6) is -0.231. The Bertz CT molecular complexity index is 742. The summed E-state index contributed by atoms with van der Waals surface area (Å²) in [6.45, 7) is 5.00. The maximum Gasteiger partial charge on any atom is 0.258 e. The second-order valence-corrected chi connectivity index (χ2v) is 6.16. The zero-order valence-electron chi connectivity index (χ0n) is 14.1. The second-order valence-electron chi connectivity index (χ2n) is 6.16. The predicted molar refractivity (Wildman–Crippen MR) is 96.4 cm³/mol. The number of nitrogens with zero attached hydrogens (tertiary/aromatic N) is 2. The van der Waals surface area contributed by atoms with Gasteiger partial charge in [0, 0.05) is 18.7 Å². The van der Waals surface area contributed by atoms with Gasteiger partial charge in [-0.2, -0.15) is 0 Å². The average molecular weight is 322 g/mol. The molecule has 0 saturated carbocycles. The van der Waals surface area contributed by atoms with Gasteiger partial charge in [0.1, 0.15) is 0 Å². The third kappa shape index (κ3) is 2.92. The van der Waals surface area contributed by atoms with Gasteiger partial charge < -0.3 is 9.80 Å². The SMILES string of the molecule is CCCN1C(=O)C(C)CN(C(=O)c2ccccc2)c2ccccc21. The Morgan fingerprint density at radius 3 is 2.33 bits per heavy atom. The van der Waals surface area contributed by atoms with Crippen molar-refractivity contribution in [3.8, 4) is 0 Å². The summed E-state index contributed by atoms with van der Waals surface area (Å²) in [7, 11) is 0. The molecule has 0 aromatic heterocycles. The van der Waals surface area contributed by atoms with Crippen LogP contribution in [0, 0.1) is 5.92 Å². The van der Waals surface area contributed by atoms with Gasteiger partial charge in [0.05, 0.1) is 17.3 Å². The molecule has 1 atom stereocenters. The predicted octanol–water partition coefficient (Wildman–Crippen LogP) is 3.73. The van der Waals surface area contributed by atoms with Crippen molar-refractivity contribution in [2.24, 2.45) is 5.92 Å². The number of rotatable bonds is 3. The van der Waals surface area contributed by atoms with E-state index in [1.807, 2.05) is 66.4 Å². The van der Waals surface area contributed by atoms with E-state index in [0.717, 1.165) is 17.8 Å². The fraction of sp³-hybridized carbons (Fsp3) is 0.300. The maximum atomic E-state index is 13.0. The Kier molecular flexibility index (Phi) is 4.65. The van der Waals surface area contributed by atoms with E-state index in [-0.39, 0.29) is 17.7 Å². The van der Waals surface area contributed by atoms with Gasteiger partial charge in [-0.15, -0.1) is 0 Å². The van der Waals surface area contributed by atoms with Crippen LogP contribution in [-0.4, -0.2) is 24.9 Å². The number of carbonyl (C=O) groups is 2. The van der Waals surface area contributed by atoms with E-state index in [9.17, 15) is 9.59 Å². The highest BCUT2D eigenvalue weighted by molar-refractivity contribution is 6.11. The molecule has 3 rings (SSSR count). The van der Waals surface area contributed by atoms with E-state index in [4.69, 9.17) is 0 Å². The van der Waals surface area contributed by atoms with Crippen LogP contribution in [0.5, 0.6) is 0 Å². The Morgan fingerprint density at radius 1 is 1.04 bits per heavy atom. The van der Waals surface area contributed by atoms with Crippen LogP contribution in [0.15, 0.2) is 54.6 Å². The smallest absolute Gasteiger partial charge is 0.258 e. The molecule has 1 unspecified atom stereocenters. The molecule has 4 nitrogen and oxygen atoms in total. The fourth-order valence-corrected chi connectivity index (χ4v) is 3.14. The van der Waals surface area contributed by atoms with Crippen LogP contribution in [0.4, 0.5) is 11.4 Å². The lowest BCUT2D eigenvalue weighted by molar-refractivity contribution is -0.121. The van der Waals surface area contributed by atoms with E-state index >= 15 is 0 Å². The molecule has 0 aliphatic carbocycles. The second kappa shape index (κ2) is 6.87. The molecule has 24 heavy (non-hydrogen) atoms. The molecule has 0 spiro atoms. The number of carbonyl (C=O) groups excluding carboxylic acids is 2. The van der Waals surface area contributed by atoms with Crippen LogP contribution in [0.3, 0.4) is 0 Å². The molecular weight excluding hydrogens is 300 g/mol. The summed E-state index contributed by atoms with van der Waals surface area (Å²) in [6, 6.07) is 16.9. The normalized spacial score (nSPS) is 17.4. The number of hydrogen-bond acceptors (Lipinski definition) is 2. The van der Waals surface area contributed by atoms with E-state index < -0.39 is 0 Å². The lowest BCUT2D eigenvalue weighted by atomic mass is 10.1. The standard InChI is InChI=1S/C20H22N2O2/c1-3-13-21-17-11-7-8-12-18(17)22(14-15(2)19(21)23)20(24)16-9-5-4-6-10-16/h4-12,15H,3,13-14H2,1-2H3. The van der Waals surface area contributed by atoms with Crippen LogP contribution in [-0.2, 0) is 4.79 Å². The third-order valence-corrected chi connectivity index (χ3v) is 4.32. The maximum absolute atomic E-state index is 13.0. The lowest BCUT2D eigenvalue weighted by Crippen LogP contribution is -2.38. The Labute approximate surface area is 142 Å². The first-order chi connectivity index (χ1) is 11.6. The minimum Gasteiger partial charge on any atom is -0.310 e. The molecule has 2 amide bonds. The first kappa shape index (κ1) is 16.2. The van der Waals surface area contributed by atoms with Crippen molar-refractivity contribution < 1.29 is 9.59 Å². The molecular formula is C20H22N2O2. The van der Waals surface area contributed by atoms with Crippen molar-refractivity contribution in [3.63, 3.8) is 0 Å². The molecule has 124 valence electrons. The van der Waals surface area contributed by atoms with Gasteiger partial charge >= 0.3 is 0 Å². The number of amides is 2. The largest absolute Gasteiger partial charge is 0.310 e. The molecule has 2 aromatic rings. The molecule has 0 radical (unpaired) electrons. The van der Waals surface area contributed by atoms with Gasteiger partial charge in [-0.05, 0) is 30.7 Å². The Balaban J connectivity index is 2.08. The van der Waals surface area contributed by atoms with Crippen molar-refractivity contribution in [1.29, 1.82) is 0 Å². The lowest BCUT2D eigenvalue weighted by Gasteiger charge is -2.25. The average Bonchev–Trinajstić information content (AvgIpc) is 2.73. The molecule has 0 saturated heterocycles. The summed E-state index contributed by atoms with van der Waals surface area (Å²) < 4.78 is 0. The number of para-hydroxylation sites is 2. The molecule has 1 aliphatic heterocycles. The van der Waals surface area contributed by atoms with E-state index in [1.54, 1.807) is 4.90 Å². The monoisotopic (exact) mass is 322 g/mol. The van der Waals surface area contributed by atoms with Crippen LogP contribution in [0.1, 0.15) is 30.6 Å². The molecule has 4 heteroatoms. The van der Waals surface area contributed by atoms with Gasteiger partial charge in [-0.1, -0.05) is 44.2 Å². The first-order valence-electron chi connectivity index (χ1n) is 8.40. The van der Waals surface area contributed by atoms with Gasteiger partial charge in [0.15, 0.2) is 0 Å². The van der Waals surface area contributed by atoms with Crippen LogP contribution in [0.25, 0.3) is 0 Å². The molecule has 1 aliphatic rings. The van der Waals surface area contributed by atoms with Crippen molar-refractivity contribution in [3.05, 3.63) is 60.2 Å². The van der Waals surface area contributed by atoms with Gasteiger partial charge in [-0.25, -0.2) is 0 Å². The number of anilines is 2. The van der Waals surface area contributed by atoms with E-state index in [1.165, 1.54) is 0 Å². The third-order valence-electron chi connectivity index (χ3n) is 4.32. The highest BCUT2D eigenvalue weighted by Gasteiger charge is 2.33. The van der Waals surface area contributed by atoms with Crippen molar-refractivity contribution in [2.45, 2.75) is 20.3 Å². The van der Waals surface area contributed by atoms with Crippen LogP contribution in [0.2, 0.25) is 0 Å². The number of benzene rings is 2. The summed E-state index contributed by atoms with van der Waals surface area (Å²) in [4.78, 5) is 29.4. The fourth-order valence-electron chi connectivity index (χ4n) is 3.14. The quantitative estimate of drug-likeness (QED) is 0.864. The highest BCUT2D eigenvalue weighted by Crippen LogP contribution is 2.35. The first-order valence-corrected chi connectivity index (χ1v) is 8.40. The zero-order chi connectivity index (χ0) is 17.1. The van der Waals surface area contributed by atoms with Crippen molar-refractivity contribution in [2.75, 3.05) is 22.9 Å². The minimum absolute atomic E-state index is 0.0685. The summed E-state index contributed by atoms with van der Waals surface area (Å²) in [5, 5.41) is 0. The zero-order valence-corrected chi connectivity index (χ0v) is 14.1. The Hall–Kier alpha value is -2.62. The highest BCUT2D eigenvalue weighted by atomic mass is 16.2. The van der Waals surface area contributed by atoms with Crippen LogP contribution < -0.4 is 9.80 Å². The number of fused-ring (bicyclic) bond motifs is 1. The Morgan fingerprint density at radius 2 is 1.67 bits per heavy atom. The van der Waals surface area contributed by atoms with E-state index in [0.29, 0.717) is 18.7 Å². The topological polar surface area (TPSA) is 40.6 Å².